The van der Waals surface area contributed by atoms with Crippen LogP contribution in [0.15, 0.2) is 42.5 Å². The van der Waals surface area contributed by atoms with Crippen molar-refractivity contribution in [3.8, 4) is 5.75 Å². The Bertz CT molecular complexity index is 989. The number of rotatable bonds is 4. The van der Waals surface area contributed by atoms with Gasteiger partial charge in [-0.1, -0.05) is 29.8 Å². The van der Waals surface area contributed by atoms with Gasteiger partial charge in [-0.3, -0.25) is 9.69 Å². The fourth-order valence-corrected chi connectivity index (χ4v) is 5.60. The Balaban J connectivity index is 1.25. The summed E-state index contributed by atoms with van der Waals surface area (Å²) in [6.07, 6.45) is 2.24. The molecule has 31 heavy (non-hydrogen) atoms. The number of halogens is 1. The van der Waals surface area contributed by atoms with Gasteiger partial charge in [0.15, 0.2) is 0 Å². The molecular formula is C24H27ClN2O4. The van der Waals surface area contributed by atoms with Crippen LogP contribution in [0.5, 0.6) is 5.75 Å². The number of β-amino-alcohol motifs (C(OH)–C–C–N with tert-alkyl or cyclic N) is 1. The average Bonchev–Trinajstić information content (AvgIpc) is 3.28. The van der Waals surface area contributed by atoms with Crippen LogP contribution in [0, 0.1) is 0 Å². The lowest BCUT2D eigenvalue weighted by Crippen LogP contribution is -2.53. The monoisotopic (exact) mass is 442 g/mol. The van der Waals surface area contributed by atoms with Crippen LogP contribution in [0.25, 0.3) is 0 Å². The van der Waals surface area contributed by atoms with Crippen LogP contribution in [-0.2, 0) is 17.6 Å². The third-order valence-corrected chi connectivity index (χ3v) is 7.21. The summed E-state index contributed by atoms with van der Waals surface area (Å²) in [5.74, 6) is 0.101. The van der Waals surface area contributed by atoms with Crippen LogP contribution < -0.4 is 9.64 Å². The number of piperidine rings is 1. The summed E-state index contributed by atoms with van der Waals surface area (Å²) < 4.78 is 6.36. The van der Waals surface area contributed by atoms with E-state index >= 15 is 0 Å². The Morgan fingerprint density at radius 1 is 1.16 bits per heavy atom. The van der Waals surface area contributed by atoms with E-state index in [4.69, 9.17) is 16.3 Å². The molecule has 0 saturated carbocycles. The fourth-order valence-electron chi connectivity index (χ4n) is 5.40. The highest BCUT2D eigenvalue weighted by Crippen LogP contribution is 2.42. The van der Waals surface area contributed by atoms with Gasteiger partial charge in [-0.25, -0.2) is 0 Å². The first-order chi connectivity index (χ1) is 14.9. The highest BCUT2D eigenvalue weighted by molar-refractivity contribution is 6.30. The number of carboxylic acids is 1. The van der Waals surface area contributed by atoms with Gasteiger partial charge in [0.2, 0.25) is 0 Å². The number of ether oxygens (including phenoxy) is 1. The molecule has 0 aliphatic carbocycles. The Hall–Kier alpha value is -2.28. The van der Waals surface area contributed by atoms with E-state index in [1.807, 2.05) is 42.5 Å². The first-order valence-electron chi connectivity index (χ1n) is 10.9. The molecule has 1 spiro atoms. The van der Waals surface area contributed by atoms with Gasteiger partial charge in [0.1, 0.15) is 11.4 Å². The van der Waals surface area contributed by atoms with Crippen molar-refractivity contribution < 1.29 is 19.7 Å². The quantitative estimate of drug-likeness (QED) is 0.758. The Labute approximate surface area is 187 Å². The molecule has 2 fully saturated rings. The lowest BCUT2D eigenvalue weighted by molar-refractivity contribution is -0.136. The first kappa shape index (κ1) is 20.6. The average molecular weight is 443 g/mol. The van der Waals surface area contributed by atoms with Gasteiger partial charge in [-0.05, 0) is 35.4 Å². The molecule has 2 N–H and O–H groups in total. The topological polar surface area (TPSA) is 73.2 Å². The number of nitrogens with zero attached hydrogens (tertiary/aromatic N) is 2. The number of para-hydroxylation sites is 1. The van der Waals surface area contributed by atoms with Crippen LogP contribution in [0.2, 0.25) is 5.02 Å². The molecule has 2 aromatic rings. The molecule has 1 unspecified atom stereocenters. The molecule has 0 bridgehead atoms. The van der Waals surface area contributed by atoms with E-state index in [0.29, 0.717) is 13.1 Å². The predicted octanol–water partition coefficient (Wildman–Crippen LogP) is 2.99. The van der Waals surface area contributed by atoms with Crippen molar-refractivity contribution in [3.05, 3.63) is 58.6 Å². The van der Waals surface area contributed by atoms with Gasteiger partial charge in [-0.2, -0.15) is 0 Å². The maximum Gasteiger partial charge on any atom is 0.307 e. The van der Waals surface area contributed by atoms with Crippen LogP contribution in [0.1, 0.15) is 24.0 Å². The van der Waals surface area contributed by atoms with E-state index in [0.717, 1.165) is 54.4 Å². The van der Waals surface area contributed by atoms with Gasteiger partial charge < -0.3 is 19.8 Å². The molecule has 0 amide bonds. The summed E-state index contributed by atoms with van der Waals surface area (Å²) in [5.41, 5.74) is 2.71. The van der Waals surface area contributed by atoms with Crippen molar-refractivity contribution in [2.45, 2.75) is 43.4 Å². The molecule has 0 radical (unpaired) electrons. The molecule has 6 nitrogen and oxygen atoms in total. The number of anilines is 1. The number of aliphatic carboxylic acids is 1. The number of fused-ring (bicyclic) bond motifs is 1. The van der Waals surface area contributed by atoms with Gasteiger partial charge in [0.25, 0.3) is 0 Å². The molecule has 7 heteroatoms. The summed E-state index contributed by atoms with van der Waals surface area (Å²) >= 11 is 6.15. The molecule has 3 heterocycles. The molecule has 3 aliphatic heterocycles. The van der Waals surface area contributed by atoms with E-state index in [9.17, 15) is 15.0 Å². The SMILES string of the molecule is O=C(O)Cc1ccccc1N1CC(N2CCC3(CC2)Cc2cc(Cl)ccc2O3)[C@H](O)C1. The minimum Gasteiger partial charge on any atom is -0.487 e. The lowest BCUT2D eigenvalue weighted by atomic mass is 9.86. The minimum absolute atomic E-state index is 0.0123. The number of hydrogen-bond acceptors (Lipinski definition) is 5. The molecule has 2 saturated heterocycles. The van der Waals surface area contributed by atoms with E-state index < -0.39 is 12.1 Å². The van der Waals surface area contributed by atoms with Gasteiger partial charge >= 0.3 is 5.97 Å². The number of hydrogen-bond donors (Lipinski definition) is 2. The maximum atomic E-state index is 11.2. The lowest BCUT2D eigenvalue weighted by Gasteiger charge is -2.41. The highest BCUT2D eigenvalue weighted by atomic mass is 35.5. The zero-order valence-electron chi connectivity index (χ0n) is 17.3. The van der Waals surface area contributed by atoms with E-state index in [2.05, 4.69) is 9.80 Å². The molecule has 0 aromatic heterocycles. The summed E-state index contributed by atoms with van der Waals surface area (Å²) in [4.78, 5) is 15.7. The summed E-state index contributed by atoms with van der Waals surface area (Å²) in [7, 11) is 0. The maximum absolute atomic E-state index is 11.2. The minimum atomic E-state index is -0.844. The van der Waals surface area contributed by atoms with E-state index in [1.165, 1.54) is 5.56 Å². The van der Waals surface area contributed by atoms with Crippen molar-refractivity contribution in [1.82, 2.24) is 4.90 Å². The summed E-state index contributed by atoms with van der Waals surface area (Å²) in [6, 6.07) is 13.5. The van der Waals surface area contributed by atoms with Crippen LogP contribution in [-0.4, -0.2) is 65.0 Å². The van der Waals surface area contributed by atoms with Crippen LogP contribution >= 0.6 is 11.6 Å². The molecule has 2 atom stereocenters. The van der Waals surface area contributed by atoms with Crippen LogP contribution in [0.4, 0.5) is 5.69 Å². The first-order valence-corrected chi connectivity index (χ1v) is 11.2. The van der Waals surface area contributed by atoms with Crippen molar-refractivity contribution in [2.75, 3.05) is 31.1 Å². The van der Waals surface area contributed by atoms with Gasteiger partial charge in [0, 0.05) is 56.2 Å². The smallest absolute Gasteiger partial charge is 0.307 e. The van der Waals surface area contributed by atoms with Crippen LogP contribution in [0.3, 0.4) is 0 Å². The number of carbonyl (C=O) groups is 1. The predicted molar refractivity (Wildman–Crippen MR) is 119 cm³/mol. The zero-order valence-corrected chi connectivity index (χ0v) is 18.1. The third-order valence-electron chi connectivity index (χ3n) is 6.97. The molecule has 3 aliphatic rings. The second kappa shape index (κ2) is 8.01. The number of likely N-dealkylation sites (tertiary alicyclic amines) is 1. The Morgan fingerprint density at radius 2 is 1.94 bits per heavy atom. The fraction of sp³-hybridized carbons (Fsp3) is 0.458. The normalized spacial score (nSPS) is 24.9. The number of carboxylic acid groups (broad SMARTS) is 1. The molecule has 5 rings (SSSR count). The van der Waals surface area contributed by atoms with Crippen molar-refractivity contribution in [1.29, 1.82) is 0 Å². The van der Waals surface area contributed by atoms with Crippen molar-refractivity contribution in [2.24, 2.45) is 0 Å². The largest absolute Gasteiger partial charge is 0.487 e. The van der Waals surface area contributed by atoms with Gasteiger partial charge in [0.05, 0.1) is 18.6 Å². The zero-order chi connectivity index (χ0) is 21.6. The summed E-state index contributed by atoms with van der Waals surface area (Å²) in [5, 5.41) is 20.8. The van der Waals surface area contributed by atoms with Gasteiger partial charge in [-0.15, -0.1) is 0 Å². The number of aliphatic hydroxyl groups is 1. The Kier molecular flexibility index (Phi) is 5.32. The second-order valence-corrected chi connectivity index (χ2v) is 9.43. The number of benzene rings is 2. The molecular weight excluding hydrogens is 416 g/mol. The number of aliphatic hydroxyl groups excluding tert-OH is 1. The Morgan fingerprint density at radius 3 is 2.71 bits per heavy atom. The van der Waals surface area contributed by atoms with Crippen molar-refractivity contribution in [3.63, 3.8) is 0 Å². The highest BCUT2D eigenvalue weighted by Gasteiger charge is 2.45. The third kappa shape index (κ3) is 4.00. The van der Waals surface area contributed by atoms with E-state index in [-0.39, 0.29) is 18.1 Å². The molecule has 2 aromatic carbocycles. The summed E-state index contributed by atoms with van der Waals surface area (Å²) in [6.45, 7) is 2.95. The second-order valence-electron chi connectivity index (χ2n) is 8.99. The van der Waals surface area contributed by atoms with Crippen molar-refractivity contribution >= 4 is 23.3 Å². The van der Waals surface area contributed by atoms with E-state index in [1.54, 1.807) is 0 Å². The molecule has 164 valence electrons. The standard InChI is InChI=1S/C24H27ClN2O4/c25-18-5-6-22-17(11-18)13-24(31-22)7-9-26(10-8-24)20-14-27(15-21(20)28)19-4-2-1-3-16(19)12-23(29)30/h1-6,11,20-21,28H,7-10,12-15H2,(H,29,30)/t20?,21-/m1/s1.